The highest BCUT2D eigenvalue weighted by Crippen LogP contribution is 2.06. The molecule has 0 aliphatic carbocycles. The van der Waals surface area contributed by atoms with Crippen LogP contribution >= 0.6 is 0 Å². The van der Waals surface area contributed by atoms with Crippen molar-refractivity contribution in [2.24, 2.45) is 0 Å². The van der Waals surface area contributed by atoms with Crippen LogP contribution in [0.25, 0.3) is 6.08 Å². The highest BCUT2D eigenvalue weighted by Gasteiger charge is 2.04. The van der Waals surface area contributed by atoms with Gasteiger partial charge in [-0.25, -0.2) is 4.79 Å². The molecule has 0 unspecified atom stereocenters. The normalized spacial score (nSPS) is 11.7. The first-order chi connectivity index (χ1) is 7.59. The number of carboxylic acids is 1. The van der Waals surface area contributed by atoms with Gasteiger partial charge in [0.1, 0.15) is 0 Å². The average Bonchev–Trinajstić information content (AvgIpc) is 2.27. The molecule has 82 valence electrons. The van der Waals surface area contributed by atoms with Crippen molar-refractivity contribution >= 4 is 17.8 Å². The second-order valence-corrected chi connectivity index (χ2v) is 3.30. The third kappa shape index (κ3) is 3.92. The molecule has 16 heavy (non-hydrogen) atoms. The zero-order valence-electron chi connectivity index (χ0n) is 8.88. The van der Waals surface area contributed by atoms with E-state index in [4.69, 9.17) is 5.11 Å². The van der Waals surface area contributed by atoms with Gasteiger partial charge in [0, 0.05) is 0 Å². The Hall–Kier alpha value is -2.16. The van der Waals surface area contributed by atoms with Gasteiger partial charge >= 0.3 is 5.97 Å². The fraction of sp³-hybridized carbons (Fsp3) is 0.0769. The minimum atomic E-state index is -1.44. The number of aliphatic carboxylic acids is 1. The molecule has 0 atom stereocenters. The number of benzene rings is 1. The van der Waals surface area contributed by atoms with E-state index in [1.54, 1.807) is 6.92 Å². The molecular weight excluding hydrogens is 204 g/mol. The third-order valence-corrected chi connectivity index (χ3v) is 1.90. The zero-order chi connectivity index (χ0) is 12.0. The summed E-state index contributed by atoms with van der Waals surface area (Å²) in [5.41, 5.74) is 1.83. The Morgan fingerprint density at radius 2 is 1.75 bits per heavy atom. The van der Waals surface area contributed by atoms with E-state index in [0.29, 0.717) is 0 Å². The molecule has 0 spiro atoms. The number of rotatable bonds is 4. The maximum Gasteiger partial charge on any atom is 0.376 e. The summed E-state index contributed by atoms with van der Waals surface area (Å²) in [5, 5.41) is 8.36. The van der Waals surface area contributed by atoms with Crippen molar-refractivity contribution in [3.05, 3.63) is 53.6 Å². The van der Waals surface area contributed by atoms with Crippen molar-refractivity contribution < 1.29 is 14.7 Å². The quantitative estimate of drug-likeness (QED) is 0.477. The first kappa shape index (κ1) is 11.9. The number of carbonyl (C=O) groups is 2. The fourth-order valence-corrected chi connectivity index (χ4v) is 1.14. The van der Waals surface area contributed by atoms with Crippen molar-refractivity contribution in [2.75, 3.05) is 0 Å². The summed E-state index contributed by atoms with van der Waals surface area (Å²) in [6.07, 6.45) is 4.41. The van der Waals surface area contributed by atoms with Gasteiger partial charge in [0.15, 0.2) is 0 Å². The van der Waals surface area contributed by atoms with Crippen LogP contribution in [0.15, 0.2) is 48.1 Å². The Balaban J connectivity index is 2.73. The smallest absolute Gasteiger partial charge is 0.376 e. The molecule has 1 rings (SSSR count). The van der Waals surface area contributed by atoms with Crippen molar-refractivity contribution in [3.63, 3.8) is 0 Å². The largest absolute Gasteiger partial charge is 0.475 e. The van der Waals surface area contributed by atoms with E-state index < -0.39 is 11.8 Å². The van der Waals surface area contributed by atoms with Crippen LogP contribution in [0, 0.1) is 0 Å². The van der Waals surface area contributed by atoms with Gasteiger partial charge in [0.05, 0.1) is 0 Å². The molecule has 3 heteroatoms. The first-order valence-corrected chi connectivity index (χ1v) is 4.78. The Morgan fingerprint density at radius 1 is 1.12 bits per heavy atom. The summed E-state index contributed by atoms with van der Waals surface area (Å²) in [7, 11) is 0. The molecule has 0 amide bonds. The first-order valence-electron chi connectivity index (χ1n) is 4.78. The number of carbonyl (C=O) groups excluding carboxylic acids is 1. The van der Waals surface area contributed by atoms with Crippen molar-refractivity contribution in [1.82, 2.24) is 0 Å². The maximum atomic E-state index is 10.8. The van der Waals surface area contributed by atoms with Crippen molar-refractivity contribution in [3.8, 4) is 0 Å². The monoisotopic (exact) mass is 216 g/mol. The molecule has 0 fully saturated rings. The Morgan fingerprint density at radius 3 is 2.31 bits per heavy atom. The molecule has 0 saturated carbocycles. The molecule has 0 radical (unpaired) electrons. The van der Waals surface area contributed by atoms with Gasteiger partial charge in [-0.1, -0.05) is 48.1 Å². The van der Waals surface area contributed by atoms with E-state index in [-0.39, 0.29) is 0 Å². The highest BCUT2D eigenvalue weighted by atomic mass is 16.4. The lowest BCUT2D eigenvalue weighted by molar-refractivity contribution is -0.146. The van der Waals surface area contributed by atoms with E-state index in [0.717, 1.165) is 17.2 Å². The van der Waals surface area contributed by atoms with Crippen LogP contribution in [0.2, 0.25) is 0 Å². The second kappa shape index (κ2) is 5.66. The summed E-state index contributed by atoms with van der Waals surface area (Å²) in [6.45, 7) is 1.80. The highest BCUT2D eigenvalue weighted by molar-refractivity contribution is 6.37. The standard InChI is InChI=1S/C13H12O3/c1-10(7-8-12(14)13(15)16)9-11-5-3-2-4-6-11/h2-9H,1H3,(H,15,16)/b8-7?,10-9+. The lowest BCUT2D eigenvalue weighted by atomic mass is 10.1. The van der Waals surface area contributed by atoms with Crippen LogP contribution in [0.3, 0.4) is 0 Å². The topological polar surface area (TPSA) is 54.4 Å². The molecule has 0 heterocycles. The second-order valence-electron chi connectivity index (χ2n) is 3.30. The molecule has 0 bridgehead atoms. The summed E-state index contributed by atoms with van der Waals surface area (Å²) in [6, 6.07) is 9.58. The summed E-state index contributed by atoms with van der Waals surface area (Å²) in [4.78, 5) is 21.0. The SMILES string of the molecule is C/C(C=CC(=O)C(=O)O)=C\c1ccccc1. The Bertz CT molecular complexity index is 442. The predicted molar refractivity (Wildman–Crippen MR) is 61.9 cm³/mol. The molecule has 0 aliphatic heterocycles. The van der Waals surface area contributed by atoms with Crippen molar-refractivity contribution in [2.45, 2.75) is 6.92 Å². The van der Waals surface area contributed by atoms with Crippen LogP contribution in [-0.2, 0) is 9.59 Å². The number of carboxylic acid groups (broad SMARTS) is 1. The maximum absolute atomic E-state index is 10.8. The predicted octanol–water partition coefficient (Wildman–Crippen LogP) is 2.30. The van der Waals surface area contributed by atoms with Gasteiger partial charge in [0.25, 0.3) is 5.78 Å². The molecule has 0 aliphatic rings. The lowest BCUT2D eigenvalue weighted by Gasteiger charge is -1.94. The van der Waals surface area contributed by atoms with Gasteiger partial charge < -0.3 is 5.11 Å². The van der Waals surface area contributed by atoms with Crippen LogP contribution in [0.1, 0.15) is 12.5 Å². The van der Waals surface area contributed by atoms with Gasteiger partial charge in [-0.3, -0.25) is 4.79 Å². The molecule has 0 saturated heterocycles. The van der Waals surface area contributed by atoms with Gasteiger partial charge in [-0.05, 0) is 18.6 Å². The summed E-state index contributed by atoms with van der Waals surface area (Å²) in [5.74, 6) is -2.36. The summed E-state index contributed by atoms with van der Waals surface area (Å²) >= 11 is 0. The van der Waals surface area contributed by atoms with E-state index in [1.807, 2.05) is 36.4 Å². The van der Waals surface area contributed by atoms with Gasteiger partial charge in [-0.2, -0.15) is 0 Å². The molecule has 1 N–H and O–H groups in total. The minimum absolute atomic E-state index is 0.820. The average molecular weight is 216 g/mol. The molecular formula is C13H12O3. The molecule has 1 aromatic carbocycles. The molecule has 3 nitrogen and oxygen atoms in total. The minimum Gasteiger partial charge on any atom is -0.475 e. The van der Waals surface area contributed by atoms with Crippen LogP contribution in [-0.4, -0.2) is 16.9 Å². The van der Waals surface area contributed by atoms with Crippen molar-refractivity contribution in [1.29, 1.82) is 0 Å². The Kier molecular flexibility index (Phi) is 4.21. The van der Waals surface area contributed by atoms with E-state index in [1.165, 1.54) is 6.08 Å². The third-order valence-electron chi connectivity index (χ3n) is 1.90. The van der Waals surface area contributed by atoms with E-state index >= 15 is 0 Å². The van der Waals surface area contributed by atoms with Gasteiger partial charge in [-0.15, -0.1) is 0 Å². The number of ketones is 1. The number of hydrogen-bond donors (Lipinski definition) is 1. The lowest BCUT2D eigenvalue weighted by Crippen LogP contribution is -2.08. The van der Waals surface area contributed by atoms with Crippen LogP contribution < -0.4 is 0 Å². The summed E-state index contributed by atoms with van der Waals surface area (Å²) < 4.78 is 0. The Labute approximate surface area is 93.7 Å². The fourth-order valence-electron chi connectivity index (χ4n) is 1.14. The molecule has 0 aromatic heterocycles. The van der Waals surface area contributed by atoms with E-state index in [9.17, 15) is 9.59 Å². The number of hydrogen-bond acceptors (Lipinski definition) is 2. The number of allylic oxidation sites excluding steroid dienone is 2. The van der Waals surface area contributed by atoms with Gasteiger partial charge in [0.2, 0.25) is 0 Å². The molecule has 1 aromatic rings. The van der Waals surface area contributed by atoms with Crippen LogP contribution in [0.5, 0.6) is 0 Å². The van der Waals surface area contributed by atoms with Crippen LogP contribution in [0.4, 0.5) is 0 Å². The zero-order valence-corrected chi connectivity index (χ0v) is 8.88. The van der Waals surface area contributed by atoms with E-state index in [2.05, 4.69) is 0 Å².